The molecule has 3 rings (SSSR count). The molecule has 0 aliphatic rings. The van der Waals surface area contributed by atoms with Crippen LogP contribution >= 0.6 is 0 Å². The average Bonchev–Trinajstić information content (AvgIpc) is 2.91. The number of rotatable bonds is 11. The molecule has 0 atom stereocenters. The lowest BCUT2D eigenvalue weighted by molar-refractivity contribution is 0.104. The first-order valence-corrected chi connectivity index (χ1v) is 11.0. The number of carbonyl (C=O) groups excluding carboxylic acids is 1. The van der Waals surface area contributed by atoms with Crippen LogP contribution in [0, 0.1) is 5.82 Å². The minimum atomic E-state index is -0.550. The van der Waals surface area contributed by atoms with Crippen molar-refractivity contribution < 1.29 is 38.0 Å². The molecule has 0 bridgehead atoms. The van der Waals surface area contributed by atoms with Gasteiger partial charge in [-0.05, 0) is 42.0 Å². The predicted octanol–water partition coefficient (Wildman–Crippen LogP) is 5.55. The van der Waals surface area contributed by atoms with Crippen LogP contribution in [-0.2, 0) is 0 Å². The molecule has 0 saturated heterocycles. The van der Waals surface area contributed by atoms with Crippen LogP contribution in [0.1, 0.15) is 21.5 Å². The third-order valence-corrected chi connectivity index (χ3v) is 5.40. The number of hydrogen-bond acceptors (Lipinski definition) is 8. The zero-order valence-electron chi connectivity index (χ0n) is 21.1. The fourth-order valence-corrected chi connectivity index (χ4v) is 3.52. The number of halogens is 1. The summed E-state index contributed by atoms with van der Waals surface area (Å²) in [5.74, 6) is 0.670. The number of phenols is 1. The van der Waals surface area contributed by atoms with Gasteiger partial charge in [0.25, 0.3) is 0 Å². The van der Waals surface area contributed by atoms with E-state index in [0.717, 1.165) is 5.56 Å². The number of anilines is 1. The lowest BCUT2D eigenvalue weighted by Gasteiger charge is -2.13. The molecule has 0 unspecified atom stereocenters. The molecule has 0 aromatic heterocycles. The maximum absolute atomic E-state index is 14.5. The van der Waals surface area contributed by atoms with Crippen molar-refractivity contribution in [3.63, 3.8) is 0 Å². The lowest BCUT2D eigenvalue weighted by Crippen LogP contribution is -1.99. The summed E-state index contributed by atoms with van der Waals surface area (Å²) in [6, 6.07) is 10.7. The summed E-state index contributed by atoms with van der Waals surface area (Å²) >= 11 is 0. The Morgan fingerprint density at radius 3 is 2.03 bits per heavy atom. The average molecular weight is 510 g/mol. The molecular weight excluding hydrogens is 481 g/mol. The minimum Gasteiger partial charge on any atom is -0.504 e. The van der Waals surface area contributed by atoms with Crippen molar-refractivity contribution in [3.05, 3.63) is 77.2 Å². The van der Waals surface area contributed by atoms with Gasteiger partial charge in [-0.2, -0.15) is 0 Å². The van der Waals surface area contributed by atoms with Gasteiger partial charge >= 0.3 is 0 Å². The van der Waals surface area contributed by atoms with Crippen LogP contribution < -0.4 is 29.0 Å². The number of ketones is 1. The summed E-state index contributed by atoms with van der Waals surface area (Å²) in [5, 5.41) is 12.9. The van der Waals surface area contributed by atoms with E-state index < -0.39 is 5.82 Å². The maximum atomic E-state index is 14.5. The molecule has 3 aromatic rings. The summed E-state index contributed by atoms with van der Waals surface area (Å²) in [5.41, 5.74) is 1.98. The van der Waals surface area contributed by atoms with Gasteiger partial charge in [0.15, 0.2) is 40.3 Å². The van der Waals surface area contributed by atoms with Gasteiger partial charge in [0.2, 0.25) is 5.75 Å². The Kier molecular flexibility index (Phi) is 8.99. The van der Waals surface area contributed by atoms with Crippen molar-refractivity contribution in [1.29, 1.82) is 0 Å². The van der Waals surface area contributed by atoms with Crippen LogP contribution in [0.4, 0.5) is 10.1 Å². The number of aromatic hydroxyl groups is 1. The van der Waals surface area contributed by atoms with Crippen molar-refractivity contribution >= 4 is 23.6 Å². The Morgan fingerprint density at radius 1 is 0.811 bits per heavy atom. The van der Waals surface area contributed by atoms with E-state index >= 15 is 0 Å². The first-order chi connectivity index (χ1) is 17.8. The van der Waals surface area contributed by atoms with Crippen molar-refractivity contribution in [2.75, 3.05) is 40.9 Å². The van der Waals surface area contributed by atoms with Gasteiger partial charge < -0.3 is 34.1 Å². The Bertz CT molecular complexity index is 1310. The Labute approximate surface area is 214 Å². The Hall–Kier alpha value is -4.66. The first-order valence-electron chi connectivity index (χ1n) is 11.0. The van der Waals surface area contributed by atoms with Crippen LogP contribution in [0.15, 0.2) is 54.7 Å². The van der Waals surface area contributed by atoms with Crippen LogP contribution in [0.2, 0.25) is 0 Å². The zero-order valence-corrected chi connectivity index (χ0v) is 21.1. The quantitative estimate of drug-likeness (QED) is 0.197. The summed E-state index contributed by atoms with van der Waals surface area (Å²) < 4.78 is 40.7. The van der Waals surface area contributed by atoms with Crippen LogP contribution in [-0.4, -0.2) is 46.4 Å². The number of nitrogens with one attached hydrogen (secondary N) is 1. The van der Waals surface area contributed by atoms with Gasteiger partial charge in [-0.25, -0.2) is 4.39 Å². The van der Waals surface area contributed by atoms with E-state index in [4.69, 9.17) is 23.7 Å². The second kappa shape index (κ2) is 12.3. The molecule has 194 valence electrons. The first kappa shape index (κ1) is 26.9. The van der Waals surface area contributed by atoms with E-state index in [1.807, 2.05) is 0 Å². The van der Waals surface area contributed by atoms with Gasteiger partial charge in [0.05, 0.1) is 35.5 Å². The second-order valence-electron chi connectivity index (χ2n) is 7.59. The van der Waals surface area contributed by atoms with Gasteiger partial charge in [0, 0.05) is 35.2 Å². The molecule has 0 aliphatic heterocycles. The molecule has 0 fully saturated rings. The Morgan fingerprint density at radius 2 is 1.46 bits per heavy atom. The molecule has 8 nitrogen and oxygen atoms in total. The summed E-state index contributed by atoms with van der Waals surface area (Å²) in [6.07, 6.45) is 6.17. The predicted molar refractivity (Wildman–Crippen MR) is 140 cm³/mol. The molecule has 0 spiro atoms. The summed E-state index contributed by atoms with van der Waals surface area (Å²) in [4.78, 5) is 12.5. The third kappa shape index (κ3) is 6.32. The molecule has 0 amide bonds. The van der Waals surface area contributed by atoms with E-state index in [9.17, 15) is 14.3 Å². The highest BCUT2D eigenvalue weighted by Gasteiger charge is 2.13. The van der Waals surface area contributed by atoms with Gasteiger partial charge in [-0.15, -0.1) is 0 Å². The van der Waals surface area contributed by atoms with E-state index in [1.54, 1.807) is 24.3 Å². The molecular formula is C28H28FNO7. The normalized spacial score (nSPS) is 11.0. The number of carbonyl (C=O) groups is 1. The number of methoxy groups -OCH3 is 5. The summed E-state index contributed by atoms with van der Waals surface area (Å²) in [6.45, 7) is 0. The smallest absolute Gasteiger partial charge is 0.203 e. The van der Waals surface area contributed by atoms with Gasteiger partial charge in [-0.3, -0.25) is 4.79 Å². The fourth-order valence-electron chi connectivity index (χ4n) is 3.52. The molecule has 3 aromatic carbocycles. The molecule has 0 saturated carbocycles. The number of benzene rings is 3. The monoisotopic (exact) mass is 509 g/mol. The fraction of sp³-hybridized carbons (Fsp3) is 0.179. The topological polar surface area (TPSA) is 95.5 Å². The molecule has 2 N–H and O–H groups in total. The van der Waals surface area contributed by atoms with Crippen LogP contribution in [0.25, 0.3) is 12.2 Å². The molecule has 0 heterocycles. The number of phenolic OH excluding ortho intramolecular Hbond substituents is 1. The largest absolute Gasteiger partial charge is 0.504 e. The Balaban J connectivity index is 1.89. The maximum Gasteiger partial charge on any atom is 0.203 e. The minimum absolute atomic E-state index is 0.0345. The van der Waals surface area contributed by atoms with Crippen molar-refractivity contribution in [3.8, 4) is 34.5 Å². The standard InChI is InChI=1S/C28H28FNO7/c1-33-24-9-8-19(15-23(24)32)22(31)10-11-30-21-16-25(34-2)20(29)14-18(21)7-6-17-12-26(35-3)28(37-5)27(13-17)36-4/h6-16,30,32H,1-5H3/b7-6-,11-10-. The van der Waals surface area contributed by atoms with E-state index in [0.29, 0.717) is 28.5 Å². The van der Waals surface area contributed by atoms with Crippen molar-refractivity contribution in [2.24, 2.45) is 0 Å². The van der Waals surface area contributed by atoms with Gasteiger partial charge in [0.1, 0.15) is 0 Å². The lowest BCUT2D eigenvalue weighted by atomic mass is 10.1. The molecule has 0 aliphatic carbocycles. The molecule has 37 heavy (non-hydrogen) atoms. The number of hydrogen-bond donors (Lipinski definition) is 2. The van der Waals surface area contributed by atoms with E-state index in [2.05, 4.69) is 5.32 Å². The highest BCUT2D eigenvalue weighted by molar-refractivity contribution is 6.05. The highest BCUT2D eigenvalue weighted by atomic mass is 19.1. The SMILES string of the molecule is COc1ccc(C(=O)/C=C\Nc2cc(OC)c(F)cc2/C=C\c2cc(OC)c(OC)c(OC)c2)cc1O. The summed E-state index contributed by atoms with van der Waals surface area (Å²) in [7, 11) is 7.34. The second-order valence-corrected chi connectivity index (χ2v) is 7.59. The zero-order chi connectivity index (χ0) is 26.9. The highest BCUT2D eigenvalue weighted by Crippen LogP contribution is 2.39. The van der Waals surface area contributed by atoms with Crippen LogP contribution in [0.5, 0.6) is 34.5 Å². The van der Waals surface area contributed by atoms with Crippen LogP contribution in [0.3, 0.4) is 0 Å². The molecule has 0 radical (unpaired) electrons. The van der Waals surface area contributed by atoms with Crippen molar-refractivity contribution in [2.45, 2.75) is 0 Å². The molecule has 9 heteroatoms. The third-order valence-electron chi connectivity index (χ3n) is 5.40. The van der Waals surface area contributed by atoms with E-state index in [-0.39, 0.29) is 28.6 Å². The number of ether oxygens (including phenoxy) is 5. The van der Waals surface area contributed by atoms with E-state index in [1.165, 1.54) is 78.2 Å². The van der Waals surface area contributed by atoms with Gasteiger partial charge in [-0.1, -0.05) is 12.2 Å². The van der Waals surface area contributed by atoms with Crippen molar-refractivity contribution in [1.82, 2.24) is 0 Å². The number of allylic oxidation sites excluding steroid dienone is 1.